The largest absolute Gasteiger partial charge is 0.310 e. The molecule has 12 rings (SSSR count). The standard InChI is InChI=1S/C57H40N2S/c1-57(2)47-22-9-6-17-44(47)56-48(57)23-14-26-51(56)58(41-35-31-38(32-36-41)43-21-13-28-53-55(43)46-19-8-11-27-52(46)60-53)40-33-29-37(30-34-40)42-20-12-25-50-54(42)45-18-7-10-24-49(45)59(50)39-15-4-3-5-16-39/h3-36H,1-2H3. The normalized spacial score (nSPS) is 13.0. The fourth-order valence-corrected chi connectivity index (χ4v) is 11.2. The summed E-state index contributed by atoms with van der Waals surface area (Å²) in [4.78, 5) is 2.47. The second-order valence-corrected chi connectivity index (χ2v) is 17.5. The van der Waals surface area contributed by atoms with E-state index >= 15 is 0 Å². The summed E-state index contributed by atoms with van der Waals surface area (Å²) in [5, 5.41) is 5.18. The van der Waals surface area contributed by atoms with Gasteiger partial charge in [0.05, 0.1) is 16.7 Å². The van der Waals surface area contributed by atoms with Gasteiger partial charge in [0.2, 0.25) is 0 Å². The minimum Gasteiger partial charge on any atom is -0.310 e. The fraction of sp³-hybridized carbons (Fsp3) is 0.0526. The van der Waals surface area contributed by atoms with Crippen molar-refractivity contribution in [1.82, 2.24) is 4.57 Å². The highest BCUT2D eigenvalue weighted by atomic mass is 32.1. The molecular formula is C57H40N2S. The SMILES string of the molecule is CC1(C)c2ccccc2-c2c(N(c3ccc(-c4cccc5sc6ccccc6c45)cc3)c3ccc(-c4cccc5c4c4ccccc4n5-c4ccccc4)cc3)cccc21. The lowest BCUT2D eigenvalue weighted by Gasteiger charge is -2.29. The summed E-state index contributed by atoms with van der Waals surface area (Å²) in [6.07, 6.45) is 0. The molecule has 0 saturated carbocycles. The fourth-order valence-electron chi connectivity index (χ4n) is 10.1. The quantitative estimate of drug-likeness (QED) is 0.163. The Balaban J connectivity index is 1.02. The van der Waals surface area contributed by atoms with Crippen molar-refractivity contribution in [3.63, 3.8) is 0 Å². The Hall–Kier alpha value is -7.20. The van der Waals surface area contributed by atoms with Crippen molar-refractivity contribution >= 4 is 70.4 Å². The summed E-state index contributed by atoms with van der Waals surface area (Å²) in [6, 6.07) is 76.0. The monoisotopic (exact) mass is 784 g/mol. The lowest BCUT2D eigenvalue weighted by molar-refractivity contribution is 0.660. The van der Waals surface area contributed by atoms with Crippen molar-refractivity contribution in [2.24, 2.45) is 0 Å². The minimum absolute atomic E-state index is 0.110. The lowest BCUT2D eigenvalue weighted by Crippen LogP contribution is -2.16. The number of nitrogens with zero attached hydrogens (tertiary/aromatic N) is 2. The van der Waals surface area contributed by atoms with Gasteiger partial charge in [-0.05, 0) is 106 Å². The summed E-state index contributed by atoms with van der Waals surface area (Å²) in [7, 11) is 0. The van der Waals surface area contributed by atoms with E-state index in [2.05, 4.69) is 230 Å². The molecule has 2 heterocycles. The van der Waals surface area contributed by atoms with E-state index in [0.717, 1.165) is 11.4 Å². The predicted octanol–water partition coefficient (Wildman–Crippen LogP) is 16.3. The van der Waals surface area contributed by atoms with Crippen LogP contribution in [0.15, 0.2) is 206 Å². The van der Waals surface area contributed by atoms with Gasteiger partial charge in [-0.1, -0.05) is 153 Å². The van der Waals surface area contributed by atoms with E-state index in [1.54, 1.807) is 0 Å². The molecule has 1 aliphatic rings. The molecule has 60 heavy (non-hydrogen) atoms. The molecule has 0 fully saturated rings. The maximum atomic E-state index is 2.47. The van der Waals surface area contributed by atoms with Crippen LogP contribution in [0.2, 0.25) is 0 Å². The Bertz CT molecular complexity index is 3440. The van der Waals surface area contributed by atoms with Gasteiger partial charge in [-0.2, -0.15) is 0 Å². The van der Waals surface area contributed by atoms with Crippen molar-refractivity contribution in [3.05, 3.63) is 217 Å². The first-order valence-corrected chi connectivity index (χ1v) is 21.6. The van der Waals surface area contributed by atoms with Crippen LogP contribution in [0.5, 0.6) is 0 Å². The zero-order valence-corrected chi connectivity index (χ0v) is 34.2. The van der Waals surface area contributed by atoms with E-state index in [4.69, 9.17) is 0 Å². The second kappa shape index (κ2) is 13.4. The van der Waals surface area contributed by atoms with Gasteiger partial charge >= 0.3 is 0 Å². The van der Waals surface area contributed by atoms with Gasteiger partial charge in [0, 0.05) is 59.0 Å². The Morgan fingerprint density at radius 3 is 1.73 bits per heavy atom. The van der Waals surface area contributed by atoms with Crippen molar-refractivity contribution in [2.45, 2.75) is 19.3 Å². The number of thiophene rings is 1. The van der Waals surface area contributed by atoms with E-state index in [9.17, 15) is 0 Å². The molecule has 0 unspecified atom stereocenters. The third kappa shape index (κ3) is 5.19. The number of para-hydroxylation sites is 2. The van der Waals surface area contributed by atoms with Crippen LogP contribution in [0.3, 0.4) is 0 Å². The molecule has 0 atom stereocenters. The lowest BCUT2D eigenvalue weighted by atomic mass is 9.82. The average Bonchev–Trinajstić information content (AvgIpc) is 3.93. The maximum absolute atomic E-state index is 2.47. The molecule has 9 aromatic carbocycles. The van der Waals surface area contributed by atoms with Crippen molar-refractivity contribution in [3.8, 4) is 39.1 Å². The average molecular weight is 785 g/mol. The van der Waals surface area contributed by atoms with E-state index < -0.39 is 0 Å². The van der Waals surface area contributed by atoms with Crippen molar-refractivity contribution in [2.75, 3.05) is 4.90 Å². The molecule has 0 aliphatic heterocycles. The number of fused-ring (bicyclic) bond motifs is 9. The summed E-state index contributed by atoms with van der Waals surface area (Å²) in [5.41, 5.74) is 17.1. The highest BCUT2D eigenvalue weighted by Gasteiger charge is 2.37. The predicted molar refractivity (Wildman–Crippen MR) is 257 cm³/mol. The number of rotatable bonds is 6. The molecule has 0 bridgehead atoms. The smallest absolute Gasteiger partial charge is 0.0547 e. The van der Waals surface area contributed by atoms with Gasteiger partial charge in [0.1, 0.15) is 0 Å². The molecule has 0 radical (unpaired) electrons. The zero-order valence-electron chi connectivity index (χ0n) is 33.4. The van der Waals surface area contributed by atoms with Gasteiger partial charge in [-0.15, -0.1) is 11.3 Å². The van der Waals surface area contributed by atoms with Gasteiger partial charge in [0.25, 0.3) is 0 Å². The van der Waals surface area contributed by atoms with Crippen LogP contribution in [0.25, 0.3) is 81.0 Å². The van der Waals surface area contributed by atoms with Crippen LogP contribution in [-0.2, 0) is 5.41 Å². The van der Waals surface area contributed by atoms with E-state index in [-0.39, 0.29) is 5.41 Å². The van der Waals surface area contributed by atoms with E-state index in [0.29, 0.717) is 0 Å². The van der Waals surface area contributed by atoms with Gasteiger partial charge in [0.15, 0.2) is 0 Å². The maximum Gasteiger partial charge on any atom is 0.0547 e. The van der Waals surface area contributed by atoms with Crippen molar-refractivity contribution in [1.29, 1.82) is 0 Å². The Labute approximate surface area is 353 Å². The number of aromatic nitrogens is 1. The first-order chi connectivity index (χ1) is 29.5. The number of benzene rings is 9. The van der Waals surface area contributed by atoms with Crippen LogP contribution >= 0.6 is 11.3 Å². The topological polar surface area (TPSA) is 8.17 Å². The molecule has 2 nitrogen and oxygen atoms in total. The summed E-state index contributed by atoms with van der Waals surface area (Å²) in [5.74, 6) is 0. The molecule has 1 aliphatic carbocycles. The van der Waals surface area contributed by atoms with Crippen LogP contribution in [0.1, 0.15) is 25.0 Å². The zero-order chi connectivity index (χ0) is 40.0. The van der Waals surface area contributed by atoms with E-state index in [1.165, 1.54) is 97.9 Å². The third-order valence-electron chi connectivity index (χ3n) is 12.8. The van der Waals surface area contributed by atoms with Crippen LogP contribution in [0, 0.1) is 0 Å². The van der Waals surface area contributed by atoms with E-state index in [1.807, 2.05) is 11.3 Å². The van der Waals surface area contributed by atoms with Gasteiger partial charge in [-0.3, -0.25) is 0 Å². The van der Waals surface area contributed by atoms with Crippen LogP contribution < -0.4 is 4.90 Å². The van der Waals surface area contributed by atoms with Gasteiger partial charge < -0.3 is 9.47 Å². The highest BCUT2D eigenvalue weighted by molar-refractivity contribution is 7.25. The summed E-state index contributed by atoms with van der Waals surface area (Å²) in [6.45, 7) is 4.72. The highest BCUT2D eigenvalue weighted by Crippen LogP contribution is 2.54. The molecule has 0 spiro atoms. The van der Waals surface area contributed by atoms with Crippen LogP contribution in [0.4, 0.5) is 17.1 Å². The first kappa shape index (κ1) is 34.8. The van der Waals surface area contributed by atoms with Crippen molar-refractivity contribution < 1.29 is 0 Å². The van der Waals surface area contributed by atoms with Gasteiger partial charge in [-0.25, -0.2) is 0 Å². The number of anilines is 3. The Kier molecular flexibility index (Phi) is 7.79. The number of hydrogen-bond acceptors (Lipinski definition) is 2. The molecule has 3 heteroatoms. The minimum atomic E-state index is -0.110. The molecular weight excluding hydrogens is 745 g/mol. The van der Waals surface area contributed by atoms with Crippen LogP contribution in [-0.4, -0.2) is 4.57 Å². The molecule has 0 amide bonds. The summed E-state index contributed by atoms with van der Waals surface area (Å²) < 4.78 is 5.04. The molecule has 284 valence electrons. The third-order valence-corrected chi connectivity index (χ3v) is 14.0. The molecule has 0 saturated heterocycles. The molecule has 2 aromatic heterocycles. The molecule has 11 aromatic rings. The summed E-state index contributed by atoms with van der Waals surface area (Å²) >= 11 is 1.87. The second-order valence-electron chi connectivity index (χ2n) is 16.5. The molecule has 0 N–H and O–H groups in total. The Morgan fingerprint density at radius 2 is 0.967 bits per heavy atom. The Morgan fingerprint density at radius 1 is 0.417 bits per heavy atom. The first-order valence-electron chi connectivity index (χ1n) is 20.8. The number of hydrogen-bond donors (Lipinski definition) is 0.